The van der Waals surface area contributed by atoms with Gasteiger partial charge < -0.3 is 4.74 Å². The van der Waals surface area contributed by atoms with Crippen LogP contribution in [0.3, 0.4) is 0 Å². The van der Waals surface area contributed by atoms with Crippen LogP contribution in [-0.4, -0.2) is 9.52 Å². The average molecular weight is 360 g/mol. The fourth-order valence-corrected chi connectivity index (χ4v) is 1.27. The topological polar surface area (TPSA) is 9.23 Å². The summed E-state index contributed by atoms with van der Waals surface area (Å²) < 4.78 is 5.41. The molecule has 1 aliphatic carbocycles. The molecule has 2 rings (SSSR count). The Kier molecular flexibility index (Phi) is 16.6. The Hall–Kier alpha value is -1.09. The molecule has 0 spiro atoms. The minimum atomic E-state index is 0. The quantitative estimate of drug-likeness (QED) is 0.288. The number of hydrogen-bond acceptors (Lipinski definition) is 1. The van der Waals surface area contributed by atoms with Gasteiger partial charge in [0.05, 0.1) is 6.26 Å². The second kappa shape index (κ2) is 15.8. The number of ether oxygens (including phenoxy) is 1. The van der Waals surface area contributed by atoms with Crippen LogP contribution < -0.4 is 4.74 Å². The van der Waals surface area contributed by atoms with E-state index in [1.807, 2.05) is 44.2 Å². The van der Waals surface area contributed by atoms with Crippen LogP contribution >= 0.6 is 0 Å². The van der Waals surface area contributed by atoms with E-state index in [-0.39, 0.29) is 21.7 Å². The molecule has 1 aromatic rings. The van der Waals surface area contributed by atoms with Gasteiger partial charge in [-0.15, -0.1) is 6.42 Å². The first-order valence-corrected chi connectivity index (χ1v) is 9.84. The fourth-order valence-electron chi connectivity index (χ4n) is 1.27. The Morgan fingerprint density at radius 1 is 1.22 bits per heavy atom. The molecule has 0 heterocycles. The van der Waals surface area contributed by atoms with Crippen LogP contribution in [0.2, 0.25) is 13.1 Å². The van der Waals surface area contributed by atoms with Crippen LogP contribution in [0.4, 0.5) is 0 Å². The first kappa shape index (κ1) is 24.2. The summed E-state index contributed by atoms with van der Waals surface area (Å²) in [5.74, 6) is 0.850. The van der Waals surface area contributed by atoms with Gasteiger partial charge in [0.1, 0.15) is 5.75 Å². The summed E-state index contributed by atoms with van der Waals surface area (Å²) in [6.45, 7) is 14.2. The maximum Gasteiger partial charge on any atom is 0.126 e. The van der Waals surface area contributed by atoms with Crippen LogP contribution in [0.5, 0.6) is 5.75 Å². The van der Waals surface area contributed by atoms with Crippen LogP contribution in [0, 0.1) is 6.08 Å². The molecule has 1 radical (unpaired) electrons. The van der Waals surface area contributed by atoms with Crippen LogP contribution in [-0.2, 0) is 21.7 Å². The first-order chi connectivity index (χ1) is 10.5. The molecular weight excluding hydrogens is 332 g/mol. The Morgan fingerprint density at radius 2 is 1.78 bits per heavy atom. The zero-order chi connectivity index (χ0) is 16.8. The van der Waals surface area contributed by atoms with Gasteiger partial charge in [-0.05, 0) is 31.6 Å². The molecule has 0 unspecified atom stereocenters. The van der Waals surface area contributed by atoms with E-state index in [4.69, 9.17) is 4.74 Å². The Morgan fingerprint density at radius 3 is 2.13 bits per heavy atom. The van der Waals surface area contributed by atoms with Crippen LogP contribution in [0.1, 0.15) is 27.2 Å². The first-order valence-electron chi connectivity index (χ1n) is 7.53. The summed E-state index contributed by atoms with van der Waals surface area (Å²) in [7, 11) is 0.750. The molecule has 0 atom stereocenters. The number of allylic oxidation sites excluding steroid dienone is 6. The van der Waals surface area contributed by atoms with E-state index in [9.17, 15) is 0 Å². The average Bonchev–Trinajstić information content (AvgIpc) is 2.98. The largest absolute Gasteiger partial charge is 0.465 e. The normalized spacial score (nSPS) is 11.9. The van der Waals surface area contributed by atoms with Crippen LogP contribution in [0.15, 0.2) is 72.0 Å². The van der Waals surface area contributed by atoms with Crippen molar-refractivity contribution in [1.82, 2.24) is 0 Å². The van der Waals surface area contributed by atoms with Crippen molar-refractivity contribution < 1.29 is 26.5 Å². The van der Waals surface area contributed by atoms with Crippen molar-refractivity contribution in [2.75, 3.05) is 0 Å². The van der Waals surface area contributed by atoms with E-state index in [0.717, 1.165) is 32.8 Å². The maximum atomic E-state index is 5.41. The fraction of sp³-hybridized carbons (Fsp3) is 0.300. The number of benzene rings is 1. The Labute approximate surface area is 159 Å². The molecule has 1 aliphatic rings. The molecule has 1 aromatic carbocycles. The van der Waals surface area contributed by atoms with Crippen molar-refractivity contribution >= 4 is 9.52 Å². The van der Waals surface area contributed by atoms with Gasteiger partial charge in [0.2, 0.25) is 0 Å². The molecule has 0 amide bonds. The Bertz CT molecular complexity index is 513. The molecule has 0 aliphatic heterocycles. The molecule has 0 N–H and O–H groups in total. The van der Waals surface area contributed by atoms with Gasteiger partial charge in [0, 0.05) is 31.2 Å². The SMILES string of the molecule is C=C(C)C(C)=COc1ccccc1.CC1=[C-]CC=C1.C[SiH]C.[Ti]. The third-order valence-corrected chi connectivity index (χ3v) is 2.65. The van der Waals surface area contributed by atoms with E-state index in [0.29, 0.717) is 0 Å². The predicted molar refractivity (Wildman–Crippen MR) is 101 cm³/mol. The van der Waals surface area contributed by atoms with Crippen molar-refractivity contribution in [1.29, 1.82) is 0 Å². The second-order valence-electron chi connectivity index (χ2n) is 5.06. The Balaban J connectivity index is 0. The predicted octanol–water partition coefficient (Wildman–Crippen LogP) is 5.76. The minimum Gasteiger partial charge on any atom is -0.465 e. The molecule has 0 bridgehead atoms. The number of hydrogen-bond donors (Lipinski definition) is 0. The summed E-state index contributed by atoms with van der Waals surface area (Å²) in [6, 6.07) is 9.69. The summed E-state index contributed by atoms with van der Waals surface area (Å²) >= 11 is 0. The van der Waals surface area contributed by atoms with Gasteiger partial charge in [-0.25, -0.2) is 11.6 Å². The van der Waals surface area contributed by atoms with E-state index in [1.54, 1.807) is 6.26 Å². The van der Waals surface area contributed by atoms with E-state index >= 15 is 0 Å². The molecule has 0 saturated carbocycles. The minimum absolute atomic E-state index is 0. The van der Waals surface area contributed by atoms with Gasteiger partial charge in [-0.1, -0.05) is 50.4 Å². The molecule has 123 valence electrons. The van der Waals surface area contributed by atoms with Crippen molar-refractivity contribution in [3.8, 4) is 5.75 Å². The van der Waals surface area contributed by atoms with Crippen molar-refractivity contribution in [3.05, 3.63) is 78.1 Å². The molecular formula is C20H28OSiTi-. The number of para-hydroxylation sites is 1. The van der Waals surface area contributed by atoms with Crippen molar-refractivity contribution in [2.45, 2.75) is 40.3 Å². The van der Waals surface area contributed by atoms with Crippen molar-refractivity contribution in [3.63, 3.8) is 0 Å². The third-order valence-electron chi connectivity index (χ3n) is 2.65. The summed E-state index contributed by atoms with van der Waals surface area (Å²) in [5, 5.41) is 0. The summed E-state index contributed by atoms with van der Waals surface area (Å²) in [6.07, 6.45) is 10.1. The monoisotopic (exact) mass is 360 g/mol. The maximum absolute atomic E-state index is 5.41. The molecule has 3 heteroatoms. The van der Waals surface area contributed by atoms with E-state index in [1.165, 1.54) is 5.57 Å². The third kappa shape index (κ3) is 14.2. The molecule has 0 saturated heterocycles. The van der Waals surface area contributed by atoms with Gasteiger partial charge in [-0.3, -0.25) is 6.08 Å². The molecule has 0 fully saturated rings. The number of rotatable bonds is 3. The van der Waals surface area contributed by atoms with E-state index in [2.05, 4.69) is 44.8 Å². The van der Waals surface area contributed by atoms with E-state index < -0.39 is 0 Å². The van der Waals surface area contributed by atoms with Gasteiger partial charge in [0.15, 0.2) is 0 Å². The van der Waals surface area contributed by atoms with Crippen molar-refractivity contribution in [2.24, 2.45) is 0 Å². The molecule has 0 aromatic heterocycles. The second-order valence-corrected chi connectivity index (χ2v) is 6.21. The standard InChI is InChI=1S/C12H14O.C6H7.C2H7Si.Ti/c1-10(2)11(3)9-13-12-7-5-4-6-8-12;1-6-4-2-3-5-6;1-3-2;/h4-9H,1H2,2-3H3;2,4H,3H2,1H3;3H,1-2H3;/q;-1;;. The van der Waals surface area contributed by atoms with Gasteiger partial charge in [-0.2, -0.15) is 6.08 Å². The van der Waals surface area contributed by atoms with Gasteiger partial charge in [0.25, 0.3) is 0 Å². The summed E-state index contributed by atoms with van der Waals surface area (Å²) in [4.78, 5) is 0. The molecule has 23 heavy (non-hydrogen) atoms. The smallest absolute Gasteiger partial charge is 0.126 e. The zero-order valence-electron chi connectivity index (χ0n) is 15.0. The van der Waals surface area contributed by atoms with Gasteiger partial charge >= 0.3 is 0 Å². The summed E-state index contributed by atoms with van der Waals surface area (Å²) in [5.41, 5.74) is 3.36. The molecule has 1 nitrogen and oxygen atoms in total. The van der Waals surface area contributed by atoms with Crippen LogP contribution in [0.25, 0.3) is 0 Å². The zero-order valence-corrected chi connectivity index (χ0v) is 17.7.